The third-order valence-electron chi connectivity index (χ3n) is 7.98. The number of carboxylic acids is 1. The summed E-state index contributed by atoms with van der Waals surface area (Å²) in [6.07, 6.45) is 4.87. The number of nitrogens with zero attached hydrogens (tertiary/aromatic N) is 4. The largest absolute Gasteiger partial charge is 0.481 e. The van der Waals surface area contributed by atoms with Crippen LogP contribution in [0.15, 0.2) is 42.5 Å². The van der Waals surface area contributed by atoms with Crippen LogP contribution >= 0.6 is 0 Å². The summed E-state index contributed by atoms with van der Waals surface area (Å²) in [6.45, 7) is 2.01. The van der Waals surface area contributed by atoms with Crippen LogP contribution in [0.5, 0.6) is 0 Å². The monoisotopic (exact) mass is 500 g/mol. The van der Waals surface area contributed by atoms with Gasteiger partial charge >= 0.3 is 12.1 Å². The van der Waals surface area contributed by atoms with Crippen LogP contribution in [0.25, 0.3) is 11.0 Å². The van der Waals surface area contributed by atoms with Crippen molar-refractivity contribution in [1.29, 1.82) is 5.26 Å². The first kappa shape index (κ1) is 24.8. The Morgan fingerprint density at radius 1 is 1.19 bits per heavy atom. The number of carbonyl (C=O) groups excluding carboxylic acids is 1. The summed E-state index contributed by atoms with van der Waals surface area (Å²) >= 11 is 0. The number of rotatable bonds is 5. The Morgan fingerprint density at radius 3 is 2.68 bits per heavy atom. The first-order valence-electron chi connectivity index (χ1n) is 13.0. The molecule has 0 saturated heterocycles. The standard InChI is InChI=1S/C29H32N4O4/c1-18-11-12-22-24(32(18)29(36)37-2)13-14-25-27(22)31-26(33(25)21-10-6-7-19(15-21)17-30)16-23(28(34)35)20-8-4-3-5-9-20/h3-5,8-9,13-14,18-19,21,23H,6-7,10-12,15-16H2,1-2H3,(H,34,35)/t18-,19+,21+,23+/m1/s1. The van der Waals surface area contributed by atoms with E-state index >= 15 is 0 Å². The lowest BCUT2D eigenvalue weighted by Gasteiger charge is -2.34. The molecule has 2 aromatic carbocycles. The molecule has 5 rings (SSSR count). The molecule has 2 aliphatic rings. The van der Waals surface area contributed by atoms with E-state index in [0.717, 1.165) is 66.4 Å². The lowest BCUT2D eigenvalue weighted by Crippen LogP contribution is -2.42. The van der Waals surface area contributed by atoms with Gasteiger partial charge in [0, 0.05) is 30.0 Å². The molecule has 1 aliphatic carbocycles. The van der Waals surface area contributed by atoms with Gasteiger partial charge in [-0.1, -0.05) is 36.8 Å². The number of fused-ring (bicyclic) bond motifs is 3. The normalized spacial score (nSPS) is 22.2. The van der Waals surface area contributed by atoms with Crippen LogP contribution in [0.3, 0.4) is 0 Å². The summed E-state index contributed by atoms with van der Waals surface area (Å²) in [7, 11) is 1.39. The fourth-order valence-corrected chi connectivity index (χ4v) is 6.11. The van der Waals surface area contributed by atoms with Crippen LogP contribution < -0.4 is 4.90 Å². The number of aromatic nitrogens is 2. The molecule has 0 spiro atoms. The third kappa shape index (κ3) is 4.55. The van der Waals surface area contributed by atoms with E-state index in [1.165, 1.54) is 7.11 Å². The molecule has 3 aromatic rings. The van der Waals surface area contributed by atoms with Gasteiger partial charge in [0.2, 0.25) is 0 Å². The molecule has 0 unspecified atom stereocenters. The molecule has 8 heteroatoms. The number of hydrogen-bond donors (Lipinski definition) is 1. The van der Waals surface area contributed by atoms with Gasteiger partial charge < -0.3 is 14.4 Å². The Labute approximate surface area is 216 Å². The Balaban J connectivity index is 1.66. The molecule has 1 aromatic heterocycles. The van der Waals surface area contributed by atoms with E-state index in [-0.39, 0.29) is 24.4 Å². The summed E-state index contributed by atoms with van der Waals surface area (Å²) in [4.78, 5) is 31.8. The van der Waals surface area contributed by atoms with Crippen molar-refractivity contribution in [3.8, 4) is 6.07 Å². The Morgan fingerprint density at radius 2 is 1.97 bits per heavy atom. The smallest absolute Gasteiger partial charge is 0.414 e. The quantitative estimate of drug-likeness (QED) is 0.488. The number of carbonyl (C=O) groups is 2. The zero-order chi connectivity index (χ0) is 26.1. The maximum absolute atomic E-state index is 12.6. The molecule has 0 bridgehead atoms. The van der Waals surface area contributed by atoms with Crippen molar-refractivity contribution in [2.45, 2.75) is 69.9 Å². The first-order chi connectivity index (χ1) is 17.9. The van der Waals surface area contributed by atoms with Crippen LogP contribution in [0.4, 0.5) is 10.5 Å². The number of anilines is 1. The Kier molecular flexibility index (Phi) is 6.88. The van der Waals surface area contributed by atoms with Crippen molar-refractivity contribution in [3.05, 3.63) is 59.4 Å². The van der Waals surface area contributed by atoms with E-state index in [1.54, 1.807) is 4.90 Å². The lowest BCUT2D eigenvalue weighted by atomic mass is 9.86. The minimum absolute atomic E-state index is 0.00292. The summed E-state index contributed by atoms with van der Waals surface area (Å²) in [5.41, 5.74) is 4.27. The van der Waals surface area contributed by atoms with E-state index in [4.69, 9.17) is 9.72 Å². The minimum Gasteiger partial charge on any atom is -0.481 e. The van der Waals surface area contributed by atoms with Gasteiger partial charge in [0.05, 0.1) is 35.8 Å². The van der Waals surface area contributed by atoms with Crippen molar-refractivity contribution < 1.29 is 19.4 Å². The Hall–Kier alpha value is -3.86. The highest BCUT2D eigenvalue weighted by Gasteiger charge is 2.34. The molecule has 192 valence electrons. The Bertz CT molecular complexity index is 1360. The molecule has 1 amide bonds. The molecule has 1 aliphatic heterocycles. The van der Waals surface area contributed by atoms with E-state index in [9.17, 15) is 20.0 Å². The van der Waals surface area contributed by atoms with Crippen LogP contribution in [0, 0.1) is 17.2 Å². The zero-order valence-corrected chi connectivity index (χ0v) is 21.3. The molecule has 1 fully saturated rings. The predicted molar refractivity (Wildman–Crippen MR) is 140 cm³/mol. The second-order valence-electron chi connectivity index (χ2n) is 10.2. The van der Waals surface area contributed by atoms with E-state index in [0.29, 0.717) is 5.82 Å². The van der Waals surface area contributed by atoms with Gasteiger partial charge in [-0.15, -0.1) is 0 Å². The molecular formula is C29H32N4O4. The summed E-state index contributed by atoms with van der Waals surface area (Å²) in [5.74, 6) is -0.946. The summed E-state index contributed by atoms with van der Waals surface area (Å²) in [6, 6.07) is 15.7. The highest BCUT2D eigenvalue weighted by molar-refractivity contribution is 5.95. The van der Waals surface area contributed by atoms with E-state index in [2.05, 4.69) is 10.6 Å². The maximum Gasteiger partial charge on any atom is 0.414 e. The van der Waals surface area contributed by atoms with E-state index < -0.39 is 18.0 Å². The van der Waals surface area contributed by atoms with Crippen molar-refractivity contribution >= 4 is 28.8 Å². The molecule has 4 atom stereocenters. The van der Waals surface area contributed by atoms with Gasteiger partial charge in [0.1, 0.15) is 5.82 Å². The molecule has 2 heterocycles. The fourth-order valence-electron chi connectivity index (χ4n) is 6.11. The number of nitriles is 1. The van der Waals surface area contributed by atoms with Gasteiger partial charge in [-0.05, 0) is 56.7 Å². The van der Waals surface area contributed by atoms with Gasteiger partial charge in [0.15, 0.2) is 0 Å². The van der Waals surface area contributed by atoms with Gasteiger partial charge in [-0.3, -0.25) is 9.69 Å². The second-order valence-corrected chi connectivity index (χ2v) is 10.2. The predicted octanol–water partition coefficient (Wildman–Crippen LogP) is 5.61. The number of carboxylic acid groups (broad SMARTS) is 1. The molecule has 0 radical (unpaired) electrons. The third-order valence-corrected chi connectivity index (χ3v) is 7.98. The van der Waals surface area contributed by atoms with Gasteiger partial charge in [0.25, 0.3) is 0 Å². The topological polar surface area (TPSA) is 108 Å². The molecule has 1 saturated carbocycles. The number of imidazole rings is 1. The molecular weight excluding hydrogens is 468 g/mol. The highest BCUT2D eigenvalue weighted by atomic mass is 16.5. The number of aliphatic carboxylic acids is 1. The van der Waals surface area contributed by atoms with Crippen LogP contribution in [-0.4, -0.2) is 39.9 Å². The van der Waals surface area contributed by atoms with E-state index in [1.807, 2.05) is 49.4 Å². The average Bonchev–Trinajstić information content (AvgIpc) is 3.30. The van der Waals surface area contributed by atoms with Crippen molar-refractivity contribution in [2.24, 2.45) is 5.92 Å². The lowest BCUT2D eigenvalue weighted by molar-refractivity contribution is -0.138. The number of amides is 1. The van der Waals surface area contributed by atoms with Crippen molar-refractivity contribution in [1.82, 2.24) is 9.55 Å². The number of aryl methyl sites for hydroxylation is 1. The number of hydrogen-bond acceptors (Lipinski definition) is 5. The summed E-state index contributed by atoms with van der Waals surface area (Å²) in [5, 5.41) is 19.8. The fraction of sp³-hybridized carbons (Fsp3) is 0.448. The highest BCUT2D eigenvalue weighted by Crippen LogP contribution is 2.41. The molecule has 1 N–H and O–H groups in total. The average molecular weight is 501 g/mol. The van der Waals surface area contributed by atoms with Crippen LogP contribution in [-0.2, 0) is 22.4 Å². The molecule has 8 nitrogen and oxygen atoms in total. The van der Waals surface area contributed by atoms with Crippen LogP contribution in [0.1, 0.15) is 67.9 Å². The first-order valence-corrected chi connectivity index (χ1v) is 13.0. The zero-order valence-electron chi connectivity index (χ0n) is 21.3. The molecule has 37 heavy (non-hydrogen) atoms. The second kappa shape index (κ2) is 10.3. The maximum atomic E-state index is 12.6. The number of benzene rings is 2. The SMILES string of the molecule is COC(=O)N1c2ccc3c(nc(C[C@H](C(=O)O)c4ccccc4)n3[C@H]3CCC[C@H](C#N)C3)c2CC[C@H]1C. The number of methoxy groups -OCH3 is 1. The summed E-state index contributed by atoms with van der Waals surface area (Å²) < 4.78 is 7.26. The van der Waals surface area contributed by atoms with Gasteiger partial charge in [-0.2, -0.15) is 5.26 Å². The van der Waals surface area contributed by atoms with Gasteiger partial charge in [-0.25, -0.2) is 9.78 Å². The number of ether oxygens (including phenoxy) is 1. The van der Waals surface area contributed by atoms with Crippen molar-refractivity contribution in [3.63, 3.8) is 0 Å². The van der Waals surface area contributed by atoms with Crippen molar-refractivity contribution in [2.75, 3.05) is 12.0 Å². The minimum atomic E-state index is -0.893. The van der Waals surface area contributed by atoms with Crippen LogP contribution in [0.2, 0.25) is 0 Å².